The summed E-state index contributed by atoms with van der Waals surface area (Å²) in [5, 5.41) is 3.38. The standard InChI is InChI=1S/C21H17ClFN3O2/c1-13-20(26-19(27)12-9-15-7-10-16(22)11-8-15)14(2)25-21(24-13)28-18-6-4-3-5-17(18)23/h3-12H,1-2H3,(H,26,27)/b12-9+. The molecule has 0 aliphatic rings. The average molecular weight is 398 g/mol. The molecular formula is C21H17ClFN3O2. The van der Waals surface area contributed by atoms with Gasteiger partial charge in [-0.3, -0.25) is 4.79 Å². The lowest BCUT2D eigenvalue weighted by Gasteiger charge is -2.11. The molecule has 7 heteroatoms. The molecule has 142 valence electrons. The van der Waals surface area contributed by atoms with Gasteiger partial charge in [0.2, 0.25) is 5.91 Å². The summed E-state index contributed by atoms with van der Waals surface area (Å²) in [5.74, 6) is -0.803. The molecular weight excluding hydrogens is 381 g/mol. The summed E-state index contributed by atoms with van der Waals surface area (Å²) in [6, 6.07) is 13.1. The predicted molar refractivity (Wildman–Crippen MR) is 107 cm³/mol. The van der Waals surface area contributed by atoms with Crippen LogP contribution in [0.3, 0.4) is 0 Å². The molecule has 2 aromatic carbocycles. The smallest absolute Gasteiger partial charge is 0.322 e. The lowest BCUT2D eigenvalue weighted by Crippen LogP contribution is -2.12. The van der Waals surface area contributed by atoms with E-state index in [1.54, 1.807) is 56.3 Å². The van der Waals surface area contributed by atoms with E-state index in [0.29, 0.717) is 22.1 Å². The number of rotatable bonds is 5. The van der Waals surface area contributed by atoms with Crippen LogP contribution in [0.1, 0.15) is 17.0 Å². The molecule has 1 N–H and O–H groups in total. The fourth-order valence-electron chi connectivity index (χ4n) is 2.45. The van der Waals surface area contributed by atoms with E-state index >= 15 is 0 Å². The molecule has 0 atom stereocenters. The Morgan fingerprint density at radius 3 is 2.36 bits per heavy atom. The van der Waals surface area contributed by atoms with E-state index in [1.807, 2.05) is 0 Å². The van der Waals surface area contributed by atoms with Crippen LogP contribution in [-0.2, 0) is 4.79 Å². The number of halogens is 2. The van der Waals surface area contributed by atoms with Crippen molar-refractivity contribution in [2.45, 2.75) is 13.8 Å². The topological polar surface area (TPSA) is 64.1 Å². The summed E-state index contributed by atoms with van der Waals surface area (Å²) < 4.78 is 19.1. The van der Waals surface area contributed by atoms with Gasteiger partial charge in [-0.05, 0) is 49.8 Å². The van der Waals surface area contributed by atoms with Crippen LogP contribution >= 0.6 is 11.6 Å². The van der Waals surface area contributed by atoms with Crippen molar-refractivity contribution in [3.05, 3.63) is 82.4 Å². The molecule has 3 rings (SSSR count). The van der Waals surface area contributed by atoms with Crippen LogP contribution in [0.2, 0.25) is 5.02 Å². The first-order chi connectivity index (χ1) is 13.4. The number of hydrogen-bond donors (Lipinski definition) is 1. The molecule has 28 heavy (non-hydrogen) atoms. The second-order valence-corrected chi connectivity index (χ2v) is 6.40. The van der Waals surface area contributed by atoms with Gasteiger partial charge in [-0.15, -0.1) is 0 Å². The number of carbonyl (C=O) groups is 1. The Morgan fingerprint density at radius 1 is 1.07 bits per heavy atom. The molecule has 5 nitrogen and oxygen atoms in total. The second-order valence-electron chi connectivity index (χ2n) is 5.96. The zero-order chi connectivity index (χ0) is 20.1. The van der Waals surface area contributed by atoms with Crippen LogP contribution in [0, 0.1) is 19.7 Å². The van der Waals surface area contributed by atoms with Crippen molar-refractivity contribution >= 4 is 29.3 Å². The maximum atomic E-state index is 13.7. The quantitative estimate of drug-likeness (QED) is 0.591. The number of nitrogens with zero attached hydrogens (tertiary/aromatic N) is 2. The summed E-state index contributed by atoms with van der Waals surface area (Å²) in [4.78, 5) is 20.6. The van der Waals surface area contributed by atoms with Gasteiger partial charge in [0.15, 0.2) is 11.6 Å². The first-order valence-electron chi connectivity index (χ1n) is 8.44. The molecule has 0 bridgehead atoms. The number of aromatic nitrogens is 2. The Bertz CT molecular complexity index is 1010. The fourth-order valence-corrected chi connectivity index (χ4v) is 2.57. The van der Waals surface area contributed by atoms with Gasteiger partial charge in [-0.1, -0.05) is 35.9 Å². The highest BCUT2D eigenvalue weighted by atomic mass is 35.5. The minimum Gasteiger partial charge on any atom is -0.421 e. The number of ether oxygens (including phenoxy) is 1. The summed E-state index contributed by atoms with van der Waals surface area (Å²) in [6.45, 7) is 3.42. The summed E-state index contributed by atoms with van der Waals surface area (Å²) in [6.07, 6.45) is 3.08. The van der Waals surface area contributed by atoms with Crippen molar-refractivity contribution in [2.24, 2.45) is 0 Å². The molecule has 0 radical (unpaired) electrons. The van der Waals surface area contributed by atoms with Gasteiger partial charge in [0.05, 0.1) is 17.1 Å². The molecule has 1 amide bonds. The zero-order valence-corrected chi connectivity index (χ0v) is 16.0. The number of para-hydroxylation sites is 1. The van der Waals surface area contributed by atoms with E-state index in [0.717, 1.165) is 5.56 Å². The third-order valence-electron chi connectivity index (χ3n) is 3.83. The van der Waals surface area contributed by atoms with Crippen LogP contribution in [0.15, 0.2) is 54.6 Å². The SMILES string of the molecule is Cc1nc(Oc2ccccc2F)nc(C)c1NC(=O)/C=C/c1ccc(Cl)cc1. The molecule has 0 unspecified atom stereocenters. The average Bonchev–Trinajstić information content (AvgIpc) is 2.66. The highest BCUT2D eigenvalue weighted by Crippen LogP contribution is 2.25. The van der Waals surface area contributed by atoms with Gasteiger partial charge >= 0.3 is 6.01 Å². The van der Waals surface area contributed by atoms with Crippen LogP contribution in [0.5, 0.6) is 11.8 Å². The Labute approximate surface area is 166 Å². The number of nitrogens with one attached hydrogen (secondary N) is 1. The lowest BCUT2D eigenvalue weighted by molar-refractivity contribution is -0.111. The first kappa shape index (κ1) is 19.5. The Balaban J connectivity index is 1.73. The van der Waals surface area contributed by atoms with Crippen molar-refractivity contribution in [1.82, 2.24) is 9.97 Å². The Kier molecular flexibility index (Phi) is 6.01. The lowest BCUT2D eigenvalue weighted by atomic mass is 10.2. The number of amides is 1. The third-order valence-corrected chi connectivity index (χ3v) is 4.09. The highest BCUT2D eigenvalue weighted by molar-refractivity contribution is 6.30. The molecule has 1 heterocycles. The first-order valence-corrected chi connectivity index (χ1v) is 8.82. The highest BCUT2D eigenvalue weighted by Gasteiger charge is 2.13. The van der Waals surface area contributed by atoms with Crippen LogP contribution in [0.25, 0.3) is 6.08 Å². The molecule has 1 aromatic heterocycles. The number of aryl methyl sites for hydroxylation is 2. The van der Waals surface area contributed by atoms with E-state index < -0.39 is 5.82 Å². The van der Waals surface area contributed by atoms with E-state index in [2.05, 4.69) is 15.3 Å². The predicted octanol–water partition coefficient (Wildman–Crippen LogP) is 5.33. The normalized spacial score (nSPS) is 10.9. The van der Waals surface area contributed by atoms with Gasteiger partial charge in [0, 0.05) is 11.1 Å². The number of hydrogen-bond acceptors (Lipinski definition) is 4. The third kappa shape index (κ3) is 4.92. The van der Waals surface area contributed by atoms with Crippen LogP contribution < -0.4 is 10.1 Å². The molecule has 0 aliphatic carbocycles. The van der Waals surface area contributed by atoms with Crippen LogP contribution in [0.4, 0.5) is 10.1 Å². The zero-order valence-electron chi connectivity index (χ0n) is 15.2. The largest absolute Gasteiger partial charge is 0.421 e. The molecule has 0 aliphatic heterocycles. The van der Waals surface area contributed by atoms with E-state index in [1.165, 1.54) is 18.2 Å². The second kappa shape index (κ2) is 8.63. The Hall–Kier alpha value is -3.25. The summed E-state index contributed by atoms with van der Waals surface area (Å²) in [5.41, 5.74) is 2.34. The minimum atomic E-state index is -0.508. The van der Waals surface area contributed by atoms with Crippen LogP contribution in [-0.4, -0.2) is 15.9 Å². The maximum absolute atomic E-state index is 13.7. The number of benzene rings is 2. The van der Waals surface area contributed by atoms with E-state index in [9.17, 15) is 9.18 Å². The fraction of sp³-hybridized carbons (Fsp3) is 0.0952. The molecule has 0 saturated carbocycles. The van der Waals surface area contributed by atoms with E-state index in [-0.39, 0.29) is 17.7 Å². The molecule has 3 aromatic rings. The molecule has 0 saturated heterocycles. The molecule has 0 spiro atoms. The van der Waals surface area contributed by atoms with Crippen molar-refractivity contribution in [2.75, 3.05) is 5.32 Å². The van der Waals surface area contributed by atoms with Gasteiger partial charge in [-0.25, -0.2) is 4.39 Å². The summed E-state index contributed by atoms with van der Waals surface area (Å²) >= 11 is 5.84. The van der Waals surface area contributed by atoms with Gasteiger partial charge in [0.25, 0.3) is 0 Å². The van der Waals surface area contributed by atoms with Gasteiger partial charge in [0.1, 0.15) is 0 Å². The number of anilines is 1. The molecule has 0 fully saturated rings. The minimum absolute atomic E-state index is 0.00908. The van der Waals surface area contributed by atoms with E-state index in [4.69, 9.17) is 16.3 Å². The van der Waals surface area contributed by atoms with Gasteiger partial charge in [-0.2, -0.15) is 9.97 Å². The van der Waals surface area contributed by atoms with Crippen molar-refractivity contribution < 1.29 is 13.9 Å². The number of carbonyl (C=O) groups excluding carboxylic acids is 1. The monoisotopic (exact) mass is 397 g/mol. The van der Waals surface area contributed by atoms with Crippen molar-refractivity contribution in [1.29, 1.82) is 0 Å². The maximum Gasteiger partial charge on any atom is 0.322 e. The van der Waals surface area contributed by atoms with Crippen molar-refractivity contribution in [3.8, 4) is 11.8 Å². The Morgan fingerprint density at radius 2 is 1.71 bits per heavy atom. The van der Waals surface area contributed by atoms with Gasteiger partial charge < -0.3 is 10.1 Å². The van der Waals surface area contributed by atoms with Crippen molar-refractivity contribution in [3.63, 3.8) is 0 Å². The summed E-state index contributed by atoms with van der Waals surface area (Å²) in [7, 11) is 0.